The van der Waals surface area contributed by atoms with E-state index in [1.807, 2.05) is 0 Å². The Morgan fingerprint density at radius 1 is 1.12 bits per heavy atom. The third-order valence-corrected chi connectivity index (χ3v) is 6.64. The molecule has 2 heterocycles. The number of halogens is 3. The number of pyridine rings is 1. The minimum absolute atomic E-state index is 0.0311. The summed E-state index contributed by atoms with van der Waals surface area (Å²) >= 11 is 0.965. The molecule has 0 amide bonds. The number of benzene rings is 2. The Hall–Kier alpha value is -3.24. The van der Waals surface area contributed by atoms with Gasteiger partial charge < -0.3 is 19.8 Å². The van der Waals surface area contributed by atoms with Crippen molar-refractivity contribution in [3.63, 3.8) is 0 Å². The molecule has 2 N–H and O–H groups in total. The molecule has 0 unspecified atom stereocenters. The van der Waals surface area contributed by atoms with Crippen LogP contribution in [-0.4, -0.2) is 47.0 Å². The van der Waals surface area contributed by atoms with Gasteiger partial charge in [0.1, 0.15) is 17.6 Å². The molecule has 4 rings (SSSR count). The summed E-state index contributed by atoms with van der Waals surface area (Å²) in [6.07, 6.45) is -3.95. The van der Waals surface area contributed by atoms with Gasteiger partial charge in [0.15, 0.2) is 0 Å². The van der Waals surface area contributed by atoms with Crippen LogP contribution in [0.5, 0.6) is 5.75 Å². The zero-order chi connectivity index (χ0) is 24.5. The topological polar surface area (TPSA) is 82.9 Å². The van der Waals surface area contributed by atoms with Gasteiger partial charge in [0.05, 0.1) is 23.7 Å². The Balaban J connectivity index is 1.71. The van der Waals surface area contributed by atoms with Crippen LogP contribution in [-0.2, 0) is 11.0 Å². The molecule has 1 aromatic heterocycles. The summed E-state index contributed by atoms with van der Waals surface area (Å²) in [5.41, 5.74) is -0.0267. The summed E-state index contributed by atoms with van der Waals surface area (Å²) in [5.74, 6) is -0.340. The average Bonchev–Trinajstić information content (AvgIpc) is 3.21. The second-order valence-electron chi connectivity index (χ2n) is 7.76. The summed E-state index contributed by atoms with van der Waals surface area (Å²) in [4.78, 5) is 17.8. The number of β-amino-alcohol motifs (C(OH)–C–C–N with tert-alkyl or cyclic N) is 1. The van der Waals surface area contributed by atoms with Crippen LogP contribution in [0.25, 0.3) is 11.1 Å². The second kappa shape index (κ2) is 9.55. The fourth-order valence-corrected chi connectivity index (χ4v) is 4.95. The number of carboxylic acids is 1. The number of alkyl halides is 3. The van der Waals surface area contributed by atoms with Crippen molar-refractivity contribution < 1.29 is 32.9 Å². The highest BCUT2D eigenvalue weighted by Gasteiger charge is 2.37. The van der Waals surface area contributed by atoms with E-state index in [-0.39, 0.29) is 23.7 Å². The van der Waals surface area contributed by atoms with E-state index in [2.05, 4.69) is 4.98 Å². The molecule has 1 saturated heterocycles. The SMILES string of the molecule is COc1ccccc1Sc1ccc(-c2ccnc(N3C[C@H](O)C[C@H]3C(=O)O)c2)cc1C(F)(F)F. The van der Waals surface area contributed by atoms with Crippen LogP contribution < -0.4 is 9.64 Å². The lowest BCUT2D eigenvalue weighted by atomic mass is 10.0. The maximum absolute atomic E-state index is 14.0. The highest BCUT2D eigenvalue weighted by atomic mass is 32.2. The monoisotopic (exact) mass is 490 g/mol. The molecule has 10 heteroatoms. The molecule has 1 aliphatic heterocycles. The standard InChI is InChI=1S/C24H21F3N2O4S/c1-33-19-4-2-3-5-21(19)34-20-7-6-14(10-17(20)24(25,26)27)15-8-9-28-22(11-15)29-13-16(30)12-18(29)23(31)32/h2-11,16,18,30H,12-13H2,1H3,(H,31,32)/t16-,18+/m1/s1. The molecular weight excluding hydrogens is 469 g/mol. The molecule has 0 saturated carbocycles. The fourth-order valence-electron chi connectivity index (χ4n) is 3.90. The first-order chi connectivity index (χ1) is 16.2. The summed E-state index contributed by atoms with van der Waals surface area (Å²) in [6.45, 7) is 0.0791. The number of carbonyl (C=O) groups is 1. The molecule has 1 aliphatic rings. The summed E-state index contributed by atoms with van der Waals surface area (Å²) in [6, 6.07) is 13.1. The predicted octanol–water partition coefficient (Wildman–Crippen LogP) is 4.95. The van der Waals surface area contributed by atoms with Gasteiger partial charge in [0.25, 0.3) is 0 Å². The second-order valence-corrected chi connectivity index (χ2v) is 8.84. The number of rotatable bonds is 6. The van der Waals surface area contributed by atoms with Gasteiger partial charge in [-0.1, -0.05) is 30.0 Å². The third kappa shape index (κ3) is 4.97. The molecular formula is C24H21F3N2O4S. The number of aliphatic hydroxyl groups is 1. The number of carboxylic acid groups (broad SMARTS) is 1. The van der Waals surface area contributed by atoms with Crippen LogP contribution in [0.4, 0.5) is 19.0 Å². The molecule has 6 nitrogen and oxygen atoms in total. The van der Waals surface area contributed by atoms with Crippen LogP contribution in [0, 0.1) is 0 Å². The first-order valence-electron chi connectivity index (χ1n) is 10.3. The number of para-hydroxylation sites is 1. The maximum Gasteiger partial charge on any atom is 0.417 e. The van der Waals surface area contributed by atoms with Gasteiger partial charge in [0, 0.05) is 24.1 Å². The van der Waals surface area contributed by atoms with Crippen molar-refractivity contribution in [1.82, 2.24) is 4.98 Å². The lowest BCUT2D eigenvalue weighted by Crippen LogP contribution is -2.36. The number of hydrogen-bond acceptors (Lipinski definition) is 6. The lowest BCUT2D eigenvalue weighted by Gasteiger charge is -2.22. The Morgan fingerprint density at radius 3 is 2.56 bits per heavy atom. The Labute approximate surface area is 198 Å². The third-order valence-electron chi connectivity index (χ3n) is 5.51. The number of aliphatic carboxylic acids is 1. The first-order valence-corrected chi connectivity index (χ1v) is 11.1. The van der Waals surface area contributed by atoms with Crippen molar-refractivity contribution in [2.75, 3.05) is 18.6 Å². The lowest BCUT2D eigenvalue weighted by molar-refractivity contribution is -0.140. The van der Waals surface area contributed by atoms with Crippen molar-refractivity contribution >= 4 is 23.5 Å². The number of nitrogens with zero attached hydrogens (tertiary/aromatic N) is 2. The van der Waals surface area contributed by atoms with Gasteiger partial charge in [-0.2, -0.15) is 13.2 Å². The number of ether oxygens (including phenoxy) is 1. The Morgan fingerprint density at radius 2 is 1.85 bits per heavy atom. The molecule has 0 spiro atoms. The van der Waals surface area contributed by atoms with Gasteiger partial charge in [-0.3, -0.25) is 0 Å². The molecule has 0 bridgehead atoms. The van der Waals surface area contributed by atoms with Crippen LogP contribution >= 0.6 is 11.8 Å². The first kappa shape index (κ1) is 23.9. The van der Waals surface area contributed by atoms with E-state index >= 15 is 0 Å². The highest BCUT2D eigenvalue weighted by Crippen LogP contribution is 2.43. The fraction of sp³-hybridized carbons (Fsp3) is 0.250. The largest absolute Gasteiger partial charge is 0.496 e. The zero-order valence-electron chi connectivity index (χ0n) is 18.0. The van der Waals surface area contributed by atoms with Crippen LogP contribution in [0.3, 0.4) is 0 Å². The molecule has 0 radical (unpaired) electrons. The molecule has 178 valence electrons. The molecule has 1 fully saturated rings. The van der Waals surface area contributed by atoms with Crippen molar-refractivity contribution in [3.8, 4) is 16.9 Å². The van der Waals surface area contributed by atoms with E-state index in [0.29, 0.717) is 21.8 Å². The number of aromatic nitrogens is 1. The average molecular weight is 491 g/mol. The minimum Gasteiger partial charge on any atom is -0.496 e. The van der Waals surface area contributed by atoms with Gasteiger partial charge in [-0.05, 0) is 47.5 Å². The maximum atomic E-state index is 14.0. The normalized spacial score (nSPS) is 18.2. The van der Waals surface area contributed by atoms with E-state index in [1.54, 1.807) is 36.4 Å². The molecule has 3 aromatic rings. The smallest absolute Gasteiger partial charge is 0.417 e. The minimum atomic E-state index is -4.59. The van der Waals surface area contributed by atoms with Crippen LogP contribution in [0.2, 0.25) is 0 Å². The van der Waals surface area contributed by atoms with Gasteiger partial charge in [0.2, 0.25) is 0 Å². The van der Waals surface area contributed by atoms with E-state index < -0.39 is 29.9 Å². The van der Waals surface area contributed by atoms with Gasteiger partial charge >= 0.3 is 12.1 Å². The molecule has 2 aromatic carbocycles. The number of anilines is 1. The van der Waals surface area contributed by atoms with Crippen molar-refractivity contribution in [2.24, 2.45) is 0 Å². The van der Waals surface area contributed by atoms with E-state index in [0.717, 1.165) is 17.8 Å². The Bertz CT molecular complexity index is 1200. The molecule has 34 heavy (non-hydrogen) atoms. The van der Waals surface area contributed by atoms with E-state index in [9.17, 15) is 28.2 Å². The van der Waals surface area contributed by atoms with Gasteiger partial charge in [-0.15, -0.1) is 0 Å². The molecule has 2 atom stereocenters. The molecule has 0 aliphatic carbocycles. The summed E-state index contributed by atoms with van der Waals surface area (Å²) in [5, 5.41) is 19.4. The summed E-state index contributed by atoms with van der Waals surface area (Å²) < 4.78 is 47.2. The number of hydrogen-bond donors (Lipinski definition) is 2. The predicted molar refractivity (Wildman–Crippen MR) is 121 cm³/mol. The summed E-state index contributed by atoms with van der Waals surface area (Å²) in [7, 11) is 1.46. The van der Waals surface area contributed by atoms with Crippen molar-refractivity contribution in [2.45, 2.75) is 34.5 Å². The van der Waals surface area contributed by atoms with Crippen LogP contribution in [0.1, 0.15) is 12.0 Å². The van der Waals surface area contributed by atoms with E-state index in [1.165, 1.54) is 30.3 Å². The number of methoxy groups -OCH3 is 1. The van der Waals surface area contributed by atoms with Crippen molar-refractivity contribution in [1.29, 1.82) is 0 Å². The van der Waals surface area contributed by atoms with Crippen LogP contribution in [0.15, 0.2) is 70.6 Å². The van der Waals surface area contributed by atoms with Crippen molar-refractivity contribution in [3.05, 3.63) is 66.4 Å². The number of aliphatic hydroxyl groups excluding tert-OH is 1. The highest BCUT2D eigenvalue weighted by molar-refractivity contribution is 7.99. The van der Waals surface area contributed by atoms with Gasteiger partial charge in [-0.25, -0.2) is 9.78 Å². The zero-order valence-corrected chi connectivity index (χ0v) is 18.8. The van der Waals surface area contributed by atoms with E-state index in [4.69, 9.17) is 4.74 Å². The quantitative estimate of drug-likeness (QED) is 0.506. The Kier molecular flexibility index (Phi) is 6.72.